The fourth-order valence-corrected chi connectivity index (χ4v) is 5.25. The number of ether oxygens (including phenoxy) is 3. The van der Waals surface area contributed by atoms with E-state index in [1.165, 1.54) is 7.11 Å². The molecule has 4 aromatic rings. The van der Waals surface area contributed by atoms with Gasteiger partial charge in [-0.2, -0.15) is 0 Å². The largest absolute Gasteiger partial charge is 0.490 e. The number of thiocarbonyl (C=S) groups is 1. The van der Waals surface area contributed by atoms with Crippen LogP contribution in [0.25, 0.3) is 5.69 Å². The van der Waals surface area contributed by atoms with Gasteiger partial charge in [0.2, 0.25) is 0 Å². The zero-order valence-corrected chi connectivity index (χ0v) is 23.0. The molecule has 3 heterocycles. The lowest BCUT2D eigenvalue weighted by Crippen LogP contribution is -2.30. The lowest BCUT2D eigenvalue weighted by atomic mass is 10.0. The molecular formula is C29H27ClN4O4S. The highest BCUT2D eigenvalue weighted by molar-refractivity contribution is 7.80. The third-order valence-electron chi connectivity index (χ3n) is 6.49. The number of halogens is 1. The fourth-order valence-electron chi connectivity index (χ4n) is 4.67. The van der Waals surface area contributed by atoms with E-state index in [4.69, 9.17) is 38.0 Å². The maximum Gasteiger partial charge on any atom is 0.337 e. The van der Waals surface area contributed by atoms with Crippen LogP contribution in [0, 0.1) is 0 Å². The number of rotatable bonds is 9. The molecule has 0 radical (unpaired) electrons. The molecule has 0 saturated carbocycles. The summed E-state index contributed by atoms with van der Waals surface area (Å²) in [6.45, 7) is 0.857. The fraction of sp³-hybridized carbons (Fsp3) is 0.207. The predicted octanol–water partition coefficient (Wildman–Crippen LogP) is 5.51. The maximum atomic E-state index is 12.0. The monoisotopic (exact) mass is 562 g/mol. The van der Waals surface area contributed by atoms with Gasteiger partial charge in [-0.15, -0.1) is 0 Å². The summed E-state index contributed by atoms with van der Waals surface area (Å²) in [6, 6.07) is 22.3. The predicted molar refractivity (Wildman–Crippen MR) is 154 cm³/mol. The molecule has 5 rings (SSSR count). The summed E-state index contributed by atoms with van der Waals surface area (Å²) in [5.41, 5.74) is 4.01. The summed E-state index contributed by atoms with van der Waals surface area (Å²) < 4.78 is 17.7. The first-order valence-electron chi connectivity index (χ1n) is 12.3. The lowest BCUT2D eigenvalue weighted by Gasteiger charge is -2.29. The Kier molecular flexibility index (Phi) is 8.11. The molecule has 1 saturated heterocycles. The van der Waals surface area contributed by atoms with E-state index in [9.17, 15) is 4.79 Å². The van der Waals surface area contributed by atoms with Crippen molar-refractivity contribution >= 4 is 40.6 Å². The minimum Gasteiger partial charge on any atom is -0.490 e. The quantitative estimate of drug-likeness (QED) is 0.162. The Morgan fingerprint density at radius 2 is 1.82 bits per heavy atom. The third kappa shape index (κ3) is 5.47. The second kappa shape index (κ2) is 11.9. The normalized spacial score (nSPS) is 16.7. The lowest BCUT2D eigenvalue weighted by molar-refractivity contribution is 0.0600. The Bertz CT molecular complexity index is 1460. The van der Waals surface area contributed by atoms with Gasteiger partial charge in [-0.1, -0.05) is 17.7 Å². The molecule has 0 unspecified atom stereocenters. The van der Waals surface area contributed by atoms with Crippen LogP contribution in [0.1, 0.15) is 33.8 Å². The zero-order chi connectivity index (χ0) is 27.4. The van der Waals surface area contributed by atoms with Crippen molar-refractivity contribution in [1.29, 1.82) is 0 Å². The summed E-state index contributed by atoms with van der Waals surface area (Å²) in [6.07, 6.45) is 3.75. The van der Waals surface area contributed by atoms with E-state index in [1.54, 1.807) is 25.4 Å². The molecule has 2 atom stereocenters. The van der Waals surface area contributed by atoms with Crippen LogP contribution in [0.15, 0.2) is 85.2 Å². The summed E-state index contributed by atoms with van der Waals surface area (Å²) >= 11 is 12.5. The average Bonchev–Trinajstić information content (AvgIpc) is 3.58. The third-order valence-corrected chi connectivity index (χ3v) is 7.10. The number of nitrogens with one attached hydrogen (secondary N) is 1. The van der Waals surface area contributed by atoms with Crippen LogP contribution < -0.4 is 15.0 Å². The molecule has 2 aromatic carbocycles. The second-order valence-corrected chi connectivity index (χ2v) is 9.59. The molecule has 2 aromatic heterocycles. The number of pyridine rings is 1. The maximum absolute atomic E-state index is 12.0. The van der Waals surface area contributed by atoms with E-state index in [-0.39, 0.29) is 18.1 Å². The number of carbonyl (C=O) groups excluding carboxylic acids is 1. The van der Waals surface area contributed by atoms with Crippen LogP contribution in [0.2, 0.25) is 5.02 Å². The smallest absolute Gasteiger partial charge is 0.337 e. The van der Waals surface area contributed by atoms with E-state index in [1.807, 2.05) is 65.7 Å². The second-order valence-electron chi connectivity index (χ2n) is 8.79. The van der Waals surface area contributed by atoms with Crippen LogP contribution in [-0.2, 0) is 9.47 Å². The Morgan fingerprint density at radius 1 is 1.03 bits per heavy atom. The summed E-state index contributed by atoms with van der Waals surface area (Å²) in [5.74, 6) is 0.190. The van der Waals surface area contributed by atoms with Crippen LogP contribution >= 0.6 is 23.8 Å². The Labute approximate surface area is 237 Å². The Balaban J connectivity index is 1.56. The summed E-state index contributed by atoms with van der Waals surface area (Å²) in [4.78, 5) is 18.6. The molecule has 0 amide bonds. The van der Waals surface area contributed by atoms with E-state index in [2.05, 4.69) is 20.9 Å². The molecule has 200 valence electrons. The van der Waals surface area contributed by atoms with Gasteiger partial charge < -0.3 is 29.0 Å². The highest BCUT2D eigenvalue weighted by Gasteiger charge is 2.42. The van der Waals surface area contributed by atoms with Crippen molar-refractivity contribution in [3.8, 4) is 11.4 Å². The van der Waals surface area contributed by atoms with Gasteiger partial charge in [0.1, 0.15) is 18.4 Å². The van der Waals surface area contributed by atoms with Gasteiger partial charge >= 0.3 is 5.97 Å². The first-order chi connectivity index (χ1) is 19.0. The van der Waals surface area contributed by atoms with Crippen molar-refractivity contribution in [2.24, 2.45) is 0 Å². The highest BCUT2D eigenvalue weighted by atomic mass is 35.5. The standard InChI is InChI=1S/C29H27ClN4O4S/c1-36-16-17-38-25-13-12-21(18-22(25)30)34-27(26(32-29(34)39)23-6-3-4-14-31-23)24-7-5-15-33(24)20-10-8-19(9-11-20)28(35)37-2/h3-15,18,26-27H,16-17H2,1-2H3,(H,32,39)/t26-,27-/m0/s1. The van der Waals surface area contributed by atoms with Crippen molar-refractivity contribution in [3.63, 3.8) is 0 Å². The summed E-state index contributed by atoms with van der Waals surface area (Å²) in [5, 5.41) is 4.49. The molecular weight excluding hydrogens is 536 g/mol. The molecule has 0 bridgehead atoms. The number of nitrogens with zero attached hydrogens (tertiary/aromatic N) is 3. The average molecular weight is 563 g/mol. The number of aromatic nitrogens is 2. The number of methoxy groups -OCH3 is 2. The van der Waals surface area contributed by atoms with E-state index in [0.29, 0.717) is 34.7 Å². The van der Waals surface area contributed by atoms with Crippen LogP contribution in [0.3, 0.4) is 0 Å². The van der Waals surface area contributed by atoms with Gasteiger partial charge in [-0.3, -0.25) is 4.98 Å². The highest BCUT2D eigenvalue weighted by Crippen LogP contribution is 2.43. The number of hydrogen-bond acceptors (Lipinski definition) is 6. The summed E-state index contributed by atoms with van der Waals surface area (Å²) in [7, 11) is 2.99. The molecule has 1 N–H and O–H groups in total. The van der Waals surface area contributed by atoms with Crippen molar-refractivity contribution < 1.29 is 19.0 Å². The van der Waals surface area contributed by atoms with E-state index >= 15 is 0 Å². The zero-order valence-electron chi connectivity index (χ0n) is 21.4. The molecule has 1 fully saturated rings. The van der Waals surface area contributed by atoms with Gasteiger partial charge in [0, 0.05) is 36.6 Å². The van der Waals surface area contributed by atoms with Crippen LogP contribution in [0.4, 0.5) is 5.69 Å². The molecule has 10 heteroatoms. The molecule has 0 spiro atoms. The van der Waals surface area contributed by atoms with Crippen molar-refractivity contribution in [2.45, 2.75) is 12.1 Å². The van der Waals surface area contributed by atoms with Crippen molar-refractivity contribution in [2.75, 3.05) is 32.3 Å². The van der Waals surface area contributed by atoms with Crippen molar-refractivity contribution in [1.82, 2.24) is 14.9 Å². The number of anilines is 1. The van der Waals surface area contributed by atoms with Gasteiger partial charge in [0.25, 0.3) is 0 Å². The van der Waals surface area contributed by atoms with E-state index in [0.717, 1.165) is 22.8 Å². The van der Waals surface area contributed by atoms with Crippen LogP contribution in [0.5, 0.6) is 5.75 Å². The number of hydrogen-bond donors (Lipinski definition) is 1. The van der Waals surface area contributed by atoms with Crippen LogP contribution in [-0.4, -0.2) is 48.1 Å². The molecule has 8 nitrogen and oxygen atoms in total. The molecule has 0 aliphatic carbocycles. The first-order valence-corrected chi connectivity index (χ1v) is 13.1. The van der Waals surface area contributed by atoms with Gasteiger partial charge in [0.15, 0.2) is 5.11 Å². The number of esters is 1. The minimum absolute atomic E-state index is 0.238. The molecule has 39 heavy (non-hydrogen) atoms. The molecule has 1 aliphatic rings. The minimum atomic E-state index is -0.382. The van der Waals surface area contributed by atoms with Gasteiger partial charge in [0.05, 0.1) is 36.0 Å². The first kappa shape index (κ1) is 26.7. The van der Waals surface area contributed by atoms with E-state index < -0.39 is 0 Å². The Hall–Kier alpha value is -3.92. The number of carbonyl (C=O) groups is 1. The SMILES string of the molecule is COCCOc1ccc(N2C(=S)N[C@@H](c3ccccn3)[C@@H]2c2cccn2-c2ccc(C(=O)OC)cc2)cc1Cl. The molecule has 1 aliphatic heterocycles. The Morgan fingerprint density at radius 3 is 2.51 bits per heavy atom. The topological polar surface area (TPSA) is 77.9 Å². The van der Waals surface area contributed by atoms with Crippen molar-refractivity contribution in [3.05, 3.63) is 107 Å². The number of benzene rings is 2. The van der Waals surface area contributed by atoms with Gasteiger partial charge in [-0.25, -0.2) is 4.79 Å². The van der Waals surface area contributed by atoms with Gasteiger partial charge in [-0.05, 0) is 78.9 Å².